The minimum Gasteiger partial charge on any atom is -1.00 e. The molecule has 0 N–H and O–H groups in total. The third-order valence-corrected chi connectivity index (χ3v) is 10.1. The Balaban J connectivity index is 0.00000180. The highest BCUT2D eigenvalue weighted by Crippen LogP contribution is 2.35. The summed E-state index contributed by atoms with van der Waals surface area (Å²) < 4.78 is 14.9. The van der Waals surface area contributed by atoms with Gasteiger partial charge >= 0.3 is 0 Å². The Bertz CT molecular complexity index is 752. The maximum Gasteiger partial charge on any atom is 0.137 e. The van der Waals surface area contributed by atoms with Crippen molar-refractivity contribution in [2.75, 3.05) is 80.7 Å². The fourth-order valence-electron chi connectivity index (χ4n) is 7.76. The fraction of sp³-hybridized carbons (Fsp3) is 0.786. The van der Waals surface area contributed by atoms with Gasteiger partial charge in [0.05, 0.1) is 40.3 Å². The van der Waals surface area contributed by atoms with Crippen molar-refractivity contribution in [2.24, 2.45) is 0 Å². The summed E-state index contributed by atoms with van der Waals surface area (Å²) in [6, 6.07) is 11.4. The molecule has 4 saturated heterocycles. The van der Waals surface area contributed by atoms with Gasteiger partial charge in [-0.1, -0.05) is 6.07 Å². The van der Waals surface area contributed by atoms with Gasteiger partial charge in [-0.05, 0) is 39.1 Å². The van der Waals surface area contributed by atoms with Crippen molar-refractivity contribution >= 4 is 0 Å². The summed E-state index contributed by atoms with van der Waals surface area (Å²) in [4.78, 5) is 5.07. The molecular weight excluding hydrogens is 584 g/mol. The van der Waals surface area contributed by atoms with Gasteiger partial charge in [-0.25, -0.2) is 0 Å². The summed E-state index contributed by atoms with van der Waals surface area (Å²) in [6.45, 7) is 8.67. The molecule has 0 radical (unpaired) electrons. The number of ether oxygens (including phenoxy) is 2. The number of piperazine rings is 2. The first kappa shape index (κ1) is 30.2. The maximum atomic E-state index is 6.28. The van der Waals surface area contributed by atoms with E-state index in [1.807, 2.05) is 0 Å². The topological polar surface area (TPSA) is 24.9 Å². The summed E-state index contributed by atoms with van der Waals surface area (Å²) >= 11 is 0. The lowest BCUT2D eigenvalue weighted by Crippen LogP contribution is -3.00. The van der Waals surface area contributed by atoms with Crippen molar-refractivity contribution in [1.29, 1.82) is 0 Å². The third-order valence-electron chi connectivity index (χ3n) is 10.1. The molecule has 1 aromatic carbocycles. The van der Waals surface area contributed by atoms with E-state index in [4.69, 9.17) is 9.47 Å². The molecule has 4 heterocycles. The number of nitrogens with zero attached hydrogens (tertiary/aromatic N) is 4. The molecule has 36 heavy (non-hydrogen) atoms. The van der Waals surface area contributed by atoms with Crippen LogP contribution in [0.3, 0.4) is 0 Å². The Labute approximate surface area is 240 Å². The van der Waals surface area contributed by atoms with Crippen molar-refractivity contribution in [1.82, 2.24) is 9.80 Å². The van der Waals surface area contributed by atoms with Crippen LogP contribution in [0.25, 0.3) is 0 Å². The molecular formula is C28H48Br2N4O2. The van der Waals surface area contributed by atoms with Gasteiger partial charge in [0.2, 0.25) is 0 Å². The molecule has 4 fully saturated rings. The monoisotopic (exact) mass is 630 g/mol. The van der Waals surface area contributed by atoms with Crippen molar-refractivity contribution < 1.29 is 52.4 Å². The molecule has 206 valence electrons. The van der Waals surface area contributed by atoms with E-state index < -0.39 is 0 Å². The highest BCUT2D eigenvalue weighted by atomic mass is 79.9. The summed E-state index contributed by atoms with van der Waals surface area (Å²) in [5.74, 6) is 1.89. The van der Waals surface area contributed by atoms with Gasteiger partial charge in [-0.3, -0.25) is 9.80 Å². The molecule has 6 nitrogen and oxygen atoms in total. The zero-order valence-electron chi connectivity index (χ0n) is 22.9. The van der Waals surface area contributed by atoms with E-state index in [2.05, 4.69) is 62.3 Å². The quantitative estimate of drug-likeness (QED) is 0.287. The Kier molecular flexibility index (Phi) is 10.6. The van der Waals surface area contributed by atoms with Crippen LogP contribution in [0.15, 0.2) is 24.3 Å². The highest BCUT2D eigenvalue weighted by Gasteiger charge is 2.48. The number of benzene rings is 1. The number of piperidine rings is 2. The number of halogens is 2. The average Bonchev–Trinajstić information content (AvgIpc) is 2.76. The second-order valence-electron chi connectivity index (χ2n) is 12.2. The molecule has 4 aliphatic rings. The summed E-state index contributed by atoms with van der Waals surface area (Å²) in [6.07, 6.45) is 8.22. The van der Waals surface area contributed by atoms with Gasteiger partial charge in [0.25, 0.3) is 0 Å². The largest absolute Gasteiger partial charge is 1.00 e. The van der Waals surface area contributed by atoms with Gasteiger partial charge in [-0.2, -0.15) is 0 Å². The van der Waals surface area contributed by atoms with E-state index in [0.29, 0.717) is 0 Å². The lowest BCUT2D eigenvalue weighted by Gasteiger charge is -2.55. The summed E-state index contributed by atoms with van der Waals surface area (Å²) in [5, 5.41) is 0. The molecule has 0 aliphatic carbocycles. The molecule has 0 saturated carbocycles. The van der Waals surface area contributed by atoms with Gasteiger partial charge in [0.1, 0.15) is 62.0 Å². The predicted octanol–water partition coefficient (Wildman–Crippen LogP) is -2.92. The second-order valence-corrected chi connectivity index (χ2v) is 12.2. The van der Waals surface area contributed by atoms with Crippen LogP contribution in [0.1, 0.15) is 38.5 Å². The standard InChI is InChI=1S/C28H48N4O2.2BrH/c1-29-19-23-8-5-9-24(20-29)31(23,3)14-16-33-27-12-7-13-28(18-27)34-17-15-32(4)25-10-6-11-26(32)22-30(2)21-25;;/h7,12-13,18,23-26H,5-6,8-11,14-17,19-22H2,1-4H3;2*1H/q+2;;/p-2. The van der Waals surface area contributed by atoms with Crippen molar-refractivity contribution in [2.45, 2.75) is 62.7 Å². The zero-order chi connectivity index (χ0) is 23.8. The summed E-state index contributed by atoms with van der Waals surface area (Å²) in [5.41, 5.74) is 0. The summed E-state index contributed by atoms with van der Waals surface area (Å²) in [7, 11) is 9.52. The third kappa shape index (κ3) is 6.26. The highest BCUT2D eigenvalue weighted by molar-refractivity contribution is 5.32. The van der Waals surface area contributed by atoms with Crippen molar-refractivity contribution in [3.63, 3.8) is 0 Å². The minimum absolute atomic E-state index is 0. The smallest absolute Gasteiger partial charge is 0.137 e. The van der Waals surface area contributed by atoms with E-state index in [1.165, 1.54) is 73.7 Å². The number of hydrogen-bond acceptors (Lipinski definition) is 4. The molecule has 4 bridgehead atoms. The van der Waals surface area contributed by atoms with Gasteiger partial charge < -0.3 is 52.4 Å². The van der Waals surface area contributed by atoms with E-state index in [-0.39, 0.29) is 34.0 Å². The first-order valence-electron chi connectivity index (χ1n) is 13.8. The van der Waals surface area contributed by atoms with Crippen LogP contribution in [0.2, 0.25) is 0 Å². The Morgan fingerprint density at radius 3 is 1.42 bits per heavy atom. The average molecular weight is 633 g/mol. The number of hydrogen-bond donors (Lipinski definition) is 0. The van der Waals surface area contributed by atoms with E-state index in [9.17, 15) is 0 Å². The Morgan fingerprint density at radius 1 is 0.694 bits per heavy atom. The number of rotatable bonds is 8. The van der Waals surface area contributed by atoms with Crippen molar-refractivity contribution in [3.8, 4) is 11.5 Å². The number of fused-ring (bicyclic) bond motifs is 4. The molecule has 8 heteroatoms. The molecule has 0 amide bonds. The Morgan fingerprint density at radius 2 is 1.06 bits per heavy atom. The first-order chi connectivity index (χ1) is 16.4. The van der Waals surface area contributed by atoms with E-state index >= 15 is 0 Å². The lowest BCUT2D eigenvalue weighted by atomic mass is 9.88. The van der Waals surface area contributed by atoms with E-state index in [0.717, 1.165) is 62.0 Å². The maximum absolute atomic E-state index is 6.28. The molecule has 4 atom stereocenters. The molecule has 1 aromatic rings. The van der Waals surface area contributed by atoms with Crippen molar-refractivity contribution in [3.05, 3.63) is 24.3 Å². The molecule has 0 spiro atoms. The lowest BCUT2D eigenvalue weighted by molar-refractivity contribution is -0.965. The minimum atomic E-state index is 0. The Hall–Kier alpha value is -0.380. The van der Waals surface area contributed by atoms with Crippen LogP contribution in [-0.2, 0) is 0 Å². The second kappa shape index (κ2) is 12.6. The fourth-order valence-corrected chi connectivity index (χ4v) is 7.76. The number of likely N-dealkylation sites (N-methyl/N-ethyl adjacent to an activating group) is 4. The van der Waals surface area contributed by atoms with Gasteiger partial charge in [0, 0.05) is 31.7 Å². The van der Waals surface area contributed by atoms with Gasteiger partial charge in [-0.15, -0.1) is 0 Å². The molecule has 4 unspecified atom stereocenters. The molecule has 0 aromatic heterocycles. The van der Waals surface area contributed by atoms with Crippen LogP contribution in [0, 0.1) is 0 Å². The zero-order valence-corrected chi connectivity index (χ0v) is 26.1. The van der Waals surface area contributed by atoms with Crippen LogP contribution in [0.4, 0.5) is 0 Å². The number of quaternary nitrogens is 2. The molecule has 4 aliphatic heterocycles. The van der Waals surface area contributed by atoms with Crippen LogP contribution in [-0.4, -0.2) is 124 Å². The van der Waals surface area contributed by atoms with Crippen LogP contribution < -0.4 is 43.4 Å². The van der Waals surface area contributed by atoms with Crippen LogP contribution >= 0.6 is 0 Å². The number of likely N-dealkylation sites (tertiary alicyclic amines) is 2. The van der Waals surface area contributed by atoms with E-state index in [1.54, 1.807) is 0 Å². The first-order valence-corrected chi connectivity index (χ1v) is 13.8. The van der Waals surface area contributed by atoms with Gasteiger partial charge in [0.15, 0.2) is 0 Å². The molecule has 5 rings (SSSR count). The van der Waals surface area contributed by atoms with Crippen LogP contribution in [0.5, 0.6) is 11.5 Å². The predicted molar refractivity (Wildman–Crippen MR) is 137 cm³/mol. The normalized spacial score (nSPS) is 36.3. The SMILES string of the molecule is CN1CC2CCCC(C1)[N+]2(C)CCOc1cccc(OCC[N+]2(C)C3CCCC2CN(C)C3)c1.[Br-].[Br-].